The number of pyridine rings is 1. The zero-order chi connectivity index (χ0) is 12.8. The number of ether oxygens (including phenoxy) is 1. The van der Waals surface area contributed by atoms with Gasteiger partial charge in [-0.15, -0.1) is 12.4 Å². The Bertz CT molecular complexity index is 411. The number of hydrogen-bond acceptors (Lipinski definition) is 5. The van der Waals surface area contributed by atoms with Crippen molar-refractivity contribution in [1.29, 1.82) is 0 Å². The first-order valence-corrected chi connectivity index (χ1v) is 6.23. The number of halogens is 1. The van der Waals surface area contributed by atoms with Crippen LogP contribution in [0.4, 0.5) is 5.69 Å². The molecule has 0 aromatic carbocycles. The quantitative estimate of drug-likeness (QED) is 0.664. The maximum atomic E-state index is 10.8. The Morgan fingerprint density at radius 1 is 1.53 bits per heavy atom. The highest BCUT2D eigenvalue weighted by molar-refractivity contribution is 5.85. The number of nitrogens with zero attached hydrogens (tertiary/aromatic N) is 2. The molecule has 1 aliphatic rings. The van der Waals surface area contributed by atoms with E-state index in [1.54, 1.807) is 0 Å². The summed E-state index contributed by atoms with van der Waals surface area (Å²) < 4.78 is 5.41. The van der Waals surface area contributed by atoms with Gasteiger partial charge >= 0.3 is 5.69 Å². The minimum atomic E-state index is -0.471. The standard InChI is InChI=1S/C12H17N3O3.ClH/c16-15(17)11-5-3-8-14-12(11)18-9-6-10-4-1-2-7-13-10;/h3,5,8,10,13H,1-2,4,6-7,9H2;1H. The summed E-state index contributed by atoms with van der Waals surface area (Å²) in [7, 11) is 0. The SMILES string of the molecule is Cl.O=[N+]([O-])c1cccnc1OCCC1CCCCN1. The molecule has 1 aliphatic heterocycles. The maximum Gasteiger partial charge on any atom is 0.330 e. The first kappa shape index (κ1) is 15.7. The van der Waals surface area contributed by atoms with Crippen LogP contribution in [0.5, 0.6) is 5.88 Å². The molecule has 1 aromatic heterocycles. The van der Waals surface area contributed by atoms with E-state index in [1.165, 1.54) is 31.2 Å². The van der Waals surface area contributed by atoms with Crippen LogP contribution in [0.2, 0.25) is 0 Å². The molecule has 1 aromatic rings. The molecule has 0 bridgehead atoms. The van der Waals surface area contributed by atoms with Crippen molar-refractivity contribution in [2.45, 2.75) is 31.7 Å². The topological polar surface area (TPSA) is 77.3 Å². The molecule has 7 heteroatoms. The van der Waals surface area contributed by atoms with Crippen LogP contribution < -0.4 is 10.1 Å². The number of rotatable bonds is 5. The van der Waals surface area contributed by atoms with E-state index in [-0.39, 0.29) is 24.0 Å². The second kappa shape index (κ2) is 7.91. The second-order valence-electron chi connectivity index (χ2n) is 4.37. The van der Waals surface area contributed by atoms with Crippen molar-refractivity contribution < 1.29 is 9.66 Å². The van der Waals surface area contributed by atoms with Crippen LogP contribution in [0.15, 0.2) is 18.3 Å². The Kier molecular flexibility index (Phi) is 6.52. The van der Waals surface area contributed by atoms with Crippen LogP contribution in [0.1, 0.15) is 25.7 Å². The molecule has 1 fully saturated rings. The van der Waals surface area contributed by atoms with Gasteiger partial charge in [0.1, 0.15) is 0 Å². The monoisotopic (exact) mass is 287 g/mol. The predicted octanol–water partition coefficient (Wildman–Crippen LogP) is 2.32. The van der Waals surface area contributed by atoms with Gasteiger partial charge in [0.15, 0.2) is 0 Å². The molecule has 0 aliphatic carbocycles. The molecule has 106 valence electrons. The highest BCUT2D eigenvalue weighted by atomic mass is 35.5. The van der Waals surface area contributed by atoms with Crippen molar-refractivity contribution in [3.8, 4) is 5.88 Å². The third-order valence-electron chi connectivity index (χ3n) is 3.07. The van der Waals surface area contributed by atoms with Crippen molar-refractivity contribution in [2.24, 2.45) is 0 Å². The summed E-state index contributed by atoms with van der Waals surface area (Å²) in [5.74, 6) is 0.110. The van der Waals surface area contributed by atoms with Crippen LogP contribution in [-0.4, -0.2) is 29.1 Å². The van der Waals surface area contributed by atoms with Gasteiger partial charge in [0, 0.05) is 18.3 Å². The maximum absolute atomic E-state index is 10.8. The third-order valence-corrected chi connectivity index (χ3v) is 3.07. The number of piperidine rings is 1. The lowest BCUT2D eigenvalue weighted by molar-refractivity contribution is -0.386. The lowest BCUT2D eigenvalue weighted by atomic mass is 10.0. The molecule has 2 rings (SSSR count). The minimum Gasteiger partial charge on any atom is -0.473 e. The molecule has 1 N–H and O–H groups in total. The van der Waals surface area contributed by atoms with E-state index in [2.05, 4.69) is 10.3 Å². The average molecular weight is 288 g/mol. The summed E-state index contributed by atoms with van der Waals surface area (Å²) in [6, 6.07) is 3.40. The summed E-state index contributed by atoms with van der Waals surface area (Å²) in [5, 5.41) is 14.2. The zero-order valence-electron chi connectivity index (χ0n) is 10.6. The van der Waals surface area contributed by atoms with Crippen LogP contribution in [0.25, 0.3) is 0 Å². The Balaban J connectivity index is 0.00000180. The Labute approximate surface area is 118 Å². The summed E-state index contributed by atoms with van der Waals surface area (Å²) in [4.78, 5) is 14.2. The normalized spacial score (nSPS) is 18.4. The van der Waals surface area contributed by atoms with Crippen molar-refractivity contribution in [1.82, 2.24) is 10.3 Å². The predicted molar refractivity (Wildman–Crippen MR) is 73.9 cm³/mol. The lowest BCUT2D eigenvalue weighted by Gasteiger charge is -2.23. The summed E-state index contributed by atoms with van der Waals surface area (Å²) in [6.45, 7) is 1.50. The van der Waals surface area contributed by atoms with Gasteiger partial charge in [-0.05, 0) is 31.9 Å². The van der Waals surface area contributed by atoms with Crippen LogP contribution in [0, 0.1) is 10.1 Å². The third kappa shape index (κ3) is 4.65. The van der Waals surface area contributed by atoms with Crippen molar-refractivity contribution in [3.05, 3.63) is 28.4 Å². The zero-order valence-corrected chi connectivity index (χ0v) is 11.4. The Morgan fingerprint density at radius 2 is 2.37 bits per heavy atom. The molecule has 2 heterocycles. The molecule has 0 spiro atoms. The molecule has 6 nitrogen and oxygen atoms in total. The minimum absolute atomic E-state index is 0. The van der Waals surface area contributed by atoms with Gasteiger partial charge < -0.3 is 10.1 Å². The first-order valence-electron chi connectivity index (χ1n) is 6.23. The van der Waals surface area contributed by atoms with E-state index in [1.807, 2.05) is 0 Å². The average Bonchev–Trinajstić information content (AvgIpc) is 2.40. The number of hydrogen-bond donors (Lipinski definition) is 1. The van der Waals surface area contributed by atoms with Gasteiger partial charge in [-0.2, -0.15) is 0 Å². The summed E-state index contributed by atoms with van der Waals surface area (Å²) in [5.41, 5.74) is -0.0749. The second-order valence-corrected chi connectivity index (χ2v) is 4.37. The van der Waals surface area contributed by atoms with Crippen LogP contribution >= 0.6 is 12.4 Å². The van der Waals surface area contributed by atoms with Crippen molar-refractivity contribution in [3.63, 3.8) is 0 Å². The number of nitro groups is 1. The fourth-order valence-corrected chi connectivity index (χ4v) is 2.10. The van der Waals surface area contributed by atoms with Crippen LogP contribution in [0.3, 0.4) is 0 Å². The fraction of sp³-hybridized carbons (Fsp3) is 0.583. The van der Waals surface area contributed by atoms with Crippen LogP contribution in [-0.2, 0) is 0 Å². The molecular formula is C12H18ClN3O3. The molecule has 0 amide bonds. The molecule has 0 saturated carbocycles. The highest BCUT2D eigenvalue weighted by Crippen LogP contribution is 2.23. The Hall–Kier alpha value is -1.40. The molecule has 0 radical (unpaired) electrons. The van der Waals surface area contributed by atoms with E-state index in [0.29, 0.717) is 12.6 Å². The largest absolute Gasteiger partial charge is 0.473 e. The number of aromatic nitrogens is 1. The van der Waals surface area contributed by atoms with Gasteiger partial charge in [0.25, 0.3) is 5.88 Å². The lowest BCUT2D eigenvalue weighted by Crippen LogP contribution is -2.35. The molecule has 1 unspecified atom stereocenters. The number of nitrogens with one attached hydrogen (secondary N) is 1. The van der Waals surface area contributed by atoms with Gasteiger partial charge in [-0.1, -0.05) is 6.42 Å². The molecule has 1 saturated heterocycles. The molecule has 19 heavy (non-hydrogen) atoms. The van der Waals surface area contributed by atoms with E-state index in [9.17, 15) is 10.1 Å². The van der Waals surface area contributed by atoms with E-state index < -0.39 is 4.92 Å². The molecular weight excluding hydrogens is 270 g/mol. The van der Waals surface area contributed by atoms with Crippen molar-refractivity contribution >= 4 is 18.1 Å². The fourth-order valence-electron chi connectivity index (χ4n) is 2.10. The van der Waals surface area contributed by atoms with Gasteiger partial charge in [-0.25, -0.2) is 4.98 Å². The van der Waals surface area contributed by atoms with Gasteiger partial charge in [-0.3, -0.25) is 10.1 Å². The molecule has 1 atom stereocenters. The Morgan fingerprint density at radius 3 is 3.05 bits per heavy atom. The first-order chi connectivity index (χ1) is 8.77. The van der Waals surface area contributed by atoms with Crippen molar-refractivity contribution in [2.75, 3.05) is 13.2 Å². The smallest absolute Gasteiger partial charge is 0.330 e. The van der Waals surface area contributed by atoms with Gasteiger partial charge in [0.05, 0.1) is 11.5 Å². The summed E-state index contributed by atoms with van der Waals surface area (Å²) >= 11 is 0. The van der Waals surface area contributed by atoms with E-state index in [4.69, 9.17) is 4.74 Å². The highest BCUT2D eigenvalue weighted by Gasteiger charge is 2.17. The van der Waals surface area contributed by atoms with E-state index >= 15 is 0 Å². The summed E-state index contributed by atoms with van der Waals surface area (Å²) in [6.07, 6.45) is 5.97. The van der Waals surface area contributed by atoms with E-state index in [0.717, 1.165) is 19.4 Å². The van der Waals surface area contributed by atoms with Gasteiger partial charge in [0.2, 0.25) is 0 Å².